The van der Waals surface area contributed by atoms with E-state index in [9.17, 15) is 0 Å². The first-order chi connectivity index (χ1) is 11.1. The second kappa shape index (κ2) is 9.14. The third-order valence-corrected chi connectivity index (χ3v) is 4.85. The van der Waals surface area contributed by atoms with E-state index in [2.05, 4.69) is 25.8 Å². The minimum Gasteiger partial charge on any atom is -0.494 e. The molecule has 4 nitrogen and oxygen atoms in total. The lowest BCUT2D eigenvalue weighted by molar-refractivity contribution is -0.913. The molecule has 1 fully saturated rings. The molecule has 1 saturated heterocycles. The number of hydrogen-bond acceptors (Lipinski definition) is 3. The Morgan fingerprint density at radius 3 is 2.04 bits per heavy atom. The van der Waals surface area contributed by atoms with E-state index in [1.165, 1.54) is 32.7 Å². The summed E-state index contributed by atoms with van der Waals surface area (Å²) in [6.45, 7) is 13.1. The lowest BCUT2D eigenvalue weighted by Crippen LogP contribution is -2.58. The normalized spacial score (nSPS) is 17.9. The number of hydrogen-bond donors (Lipinski definition) is 0. The molecule has 0 atom stereocenters. The van der Waals surface area contributed by atoms with Crippen molar-refractivity contribution in [2.24, 2.45) is 0 Å². The summed E-state index contributed by atoms with van der Waals surface area (Å²) in [7, 11) is 2.35. The second-order valence-corrected chi connectivity index (χ2v) is 6.75. The van der Waals surface area contributed by atoms with Crippen LogP contribution in [0.1, 0.15) is 26.7 Å². The Labute approximate surface area is 141 Å². The second-order valence-electron chi connectivity index (χ2n) is 6.75. The molecule has 0 unspecified atom stereocenters. The zero-order valence-corrected chi connectivity index (χ0v) is 15.1. The molecule has 23 heavy (non-hydrogen) atoms. The van der Waals surface area contributed by atoms with E-state index in [4.69, 9.17) is 9.47 Å². The highest BCUT2D eigenvalue weighted by molar-refractivity contribution is 5.31. The van der Waals surface area contributed by atoms with Gasteiger partial charge in [0.1, 0.15) is 24.7 Å². The van der Waals surface area contributed by atoms with Crippen molar-refractivity contribution in [3.8, 4) is 11.5 Å². The molecule has 1 aliphatic rings. The van der Waals surface area contributed by atoms with Crippen LogP contribution in [-0.2, 0) is 0 Å². The minimum atomic E-state index is 0.776. The van der Waals surface area contributed by atoms with Gasteiger partial charge in [0.2, 0.25) is 0 Å². The molecule has 1 aromatic rings. The van der Waals surface area contributed by atoms with Gasteiger partial charge < -0.3 is 14.0 Å². The van der Waals surface area contributed by atoms with Crippen LogP contribution in [-0.4, -0.2) is 68.9 Å². The SMILES string of the molecule is CCCCOc1ccc(OCC[N+]2(C)CCN(CC)CC2)cc1. The first-order valence-corrected chi connectivity index (χ1v) is 9.07. The largest absolute Gasteiger partial charge is 0.494 e. The molecule has 0 bridgehead atoms. The summed E-state index contributed by atoms with van der Waals surface area (Å²) in [5.74, 6) is 1.87. The molecule has 1 aromatic carbocycles. The standard InChI is InChI=1S/C19H33N2O2/c1-4-6-16-22-18-7-9-19(10-8-18)23-17-15-21(3)13-11-20(5-2)12-14-21/h7-10H,4-6,11-17H2,1-3H3/q+1. The predicted molar refractivity (Wildman–Crippen MR) is 95.2 cm³/mol. The van der Waals surface area contributed by atoms with Gasteiger partial charge in [0, 0.05) is 13.1 Å². The van der Waals surface area contributed by atoms with Gasteiger partial charge in [-0.15, -0.1) is 0 Å². The molecule has 2 rings (SSSR count). The fourth-order valence-electron chi connectivity index (χ4n) is 2.88. The van der Waals surface area contributed by atoms with Crippen molar-refractivity contribution in [3.63, 3.8) is 0 Å². The molecule has 0 amide bonds. The Kier molecular flexibility index (Phi) is 7.18. The Hall–Kier alpha value is -1.26. The summed E-state index contributed by atoms with van der Waals surface area (Å²) in [6.07, 6.45) is 2.26. The van der Waals surface area contributed by atoms with E-state index in [-0.39, 0.29) is 0 Å². The van der Waals surface area contributed by atoms with Crippen molar-refractivity contribution < 1.29 is 14.0 Å². The van der Waals surface area contributed by atoms with Crippen molar-refractivity contribution in [2.75, 3.05) is 59.5 Å². The molecular weight excluding hydrogens is 288 g/mol. The fraction of sp³-hybridized carbons (Fsp3) is 0.684. The fourth-order valence-corrected chi connectivity index (χ4v) is 2.88. The number of likely N-dealkylation sites (N-methyl/N-ethyl adjacent to an activating group) is 2. The lowest BCUT2D eigenvalue weighted by atomic mass is 10.2. The predicted octanol–water partition coefficient (Wildman–Crippen LogP) is 3.03. The van der Waals surface area contributed by atoms with Gasteiger partial charge in [-0.25, -0.2) is 0 Å². The van der Waals surface area contributed by atoms with E-state index in [0.717, 1.165) is 48.6 Å². The maximum atomic E-state index is 5.92. The highest BCUT2D eigenvalue weighted by Crippen LogP contribution is 2.18. The molecular formula is C19H33N2O2+. The van der Waals surface area contributed by atoms with Gasteiger partial charge in [0.05, 0.1) is 26.7 Å². The van der Waals surface area contributed by atoms with E-state index in [0.29, 0.717) is 0 Å². The van der Waals surface area contributed by atoms with Crippen LogP contribution in [0, 0.1) is 0 Å². The van der Waals surface area contributed by atoms with Crippen LogP contribution in [0.2, 0.25) is 0 Å². The van der Waals surface area contributed by atoms with Crippen LogP contribution in [0.5, 0.6) is 11.5 Å². The van der Waals surface area contributed by atoms with Gasteiger partial charge in [-0.05, 0) is 37.2 Å². The topological polar surface area (TPSA) is 21.7 Å². The average Bonchev–Trinajstić information content (AvgIpc) is 2.57. The summed E-state index contributed by atoms with van der Waals surface area (Å²) in [5, 5.41) is 0. The summed E-state index contributed by atoms with van der Waals surface area (Å²) >= 11 is 0. The molecule has 0 N–H and O–H groups in total. The van der Waals surface area contributed by atoms with Gasteiger partial charge in [0.15, 0.2) is 0 Å². The number of unbranched alkanes of at least 4 members (excludes halogenated alkanes) is 1. The quantitative estimate of drug-likeness (QED) is 0.515. The van der Waals surface area contributed by atoms with Gasteiger partial charge in [-0.2, -0.15) is 0 Å². The van der Waals surface area contributed by atoms with Crippen LogP contribution in [0.25, 0.3) is 0 Å². The van der Waals surface area contributed by atoms with Gasteiger partial charge in [-0.3, -0.25) is 4.90 Å². The molecule has 1 heterocycles. The van der Waals surface area contributed by atoms with Crippen molar-refractivity contribution in [1.29, 1.82) is 0 Å². The first-order valence-electron chi connectivity index (χ1n) is 9.07. The van der Waals surface area contributed by atoms with E-state index < -0.39 is 0 Å². The highest BCUT2D eigenvalue weighted by atomic mass is 16.5. The Balaban J connectivity index is 1.69. The number of quaternary nitrogens is 1. The maximum absolute atomic E-state index is 5.92. The smallest absolute Gasteiger partial charge is 0.137 e. The summed E-state index contributed by atoms with van der Waals surface area (Å²) in [5.41, 5.74) is 0. The zero-order valence-electron chi connectivity index (χ0n) is 15.1. The Morgan fingerprint density at radius 1 is 0.957 bits per heavy atom. The van der Waals surface area contributed by atoms with Crippen LogP contribution < -0.4 is 9.47 Å². The molecule has 0 saturated carbocycles. The molecule has 4 heteroatoms. The molecule has 1 aliphatic heterocycles. The summed E-state index contributed by atoms with van der Waals surface area (Å²) < 4.78 is 12.7. The Bertz CT molecular complexity index is 439. The molecule has 0 spiro atoms. The van der Waals surface area contributed by atoms with Crippen LogP contribution in [0.3, 0.4) is 0 Å². The summed E-state index contributed by atoms with van der Waals surface area (Å²) in [4.78, 5) is 2.53. The number of ether oxygens (including phenoxy) is 2. The highest BCUT2D eigenvalue weighted by Gasteiger charge is 2.27. The lowest BCUT2D eigenvalue weighted by Gasteiger charge is -2.41. The first kappa shape index (κ1) is 18.1. The number of nitrogens with zero attached hydrogens (tertiary/aromatic N) is 2. The van der Waals surface area contributed by atoms with Crippen molar-refractivity contribution in [2.45, 2.75) is 26.7 Å². The van der Waals surface area contributed by atoms with Crippen LogP contribution >= 0.6 is 0 Å². The number of benzene rings is 1. The number of piperazine rings is 1. The van der Waals surface area contributed by atoms with Gasteiger partial charge in [0.25, 0.3) is 0 Å². The zero-order chi connectivity index (χ0) is 16.5. The molecule has 0 aliphatic carbocycles. The third kappa shape index (κ3) is 6.04. The molecule has 130 valence electrons. The Morgan fingerprint density at radius 2 is 1.52 bits per heavy atom. The maximum Gasteiger partial charge on any atom is 0.137 e. The van der Waals surface area contributed by atoms with Gasteiger partial charge in [-0.1, -0.05) is 20.3 Å². The van der Waals surface area contributed by atoms with Crippen LogP contribution in [0.15, 0.2) is 24.3 Å². The summed E-state index contributed by atoms with van der Waals surface area (Å²) in [6, 6.07) is 8.02. The minimum absolute atomic E-state index is 0.776. The van der Waals surface area contributed by atoms with Crippen molar-refractivity contribution in [1.82, 2.24) is 4.90 Å². The van der Waals surface area contributed by atoms with E-state index in [1.54, 1.807) is 0 Å². The van der Waals surface area contributed by atoms with Crippen molar-refractivity contribution >= 4 is 0 Å². The average molecular weight is 321 g/mol. The van der Waals surface area contributed by atoms with Crippen molar-refractivity contribution in [3.05, 3.63) is 24.3 Å². The van der Waals surface area contributed by atoms with E-state index in [1.807, 2.05) is 24.3 Å². The number of rotatable bonds is 9. The van der Waals surface area contributed by atoms with Crippen LogP contribution in [0.4, 0.5) is 0 Å². The third-order valence-electron chi connectivity index (χ3n) is 4.85. The monoisotopic (exact) mass is 321 g/mol. The van der Waals surface area contributed by atoms with E-state index >= 15 is 0 Å². The van der Waals surface area contributed by atoms with Gasteiger partial charge >= 0.3 is 0 Å². The molecule has 0 aromatic heterocycles. The molecule has 0 radical (unpaired) electrons.